The van der Waals surface area contributed by atoms with Crippen molar-refractivity contribution in [3.8, 4) is 11.5 Å². The molecule has 1 amide bonds. The molecule has 5 rings (SSSR count). The largest absolute Gasteiger partial charge is 0.486 e. The van der Waals surface area contributed by atoms with Gasteiger partial charge in [0.2, 0.25) is 0 Å². The minimum atomic E-state index is -0.403. The Labute approximate surface area is 166 Å². The van der Waals surface area contributed by atoms with E-state index in [-0.39, 0.29) is 5.91 Å². The fourth-order valence-electron chi connectivity index (χ4n) is 3.50. The van der Waals surface area contributed by atoms with Gasteiger partial charge in [-0.25, -0.2) is 4.98 Å². The number of carbonyl (C=O) groups excluding carboxylic acids is 1. The summed E-state index contributed by atoms with van der Waals surface area (Å²) in [7, 11) is 0. The molecule has 2 aromatic carbocycles. The van der Waals surface area contributed by atoms with Gasteiger partial charge in [-0.1, -0.05) is 29.8 Å². The predicted octanol–water partition coefficient (Wildman–Crippen LogP) is 4.28. The molecule has 2 aliphatic rings. The number of anilines is 2. The van der Waals surface area contributed by atoms with Gasteiger partial charge in [-0.3, -0.25) is 9.69 Å². The van der Waals surface area contributed by atoms with Crippen LogP contribution < -0.4 is 19.7 Å². The van der Waals surface area contributed by atoms with Gasteiger partial charge >= 0.3 is 0 Å². The highest BCUT2D eigenvalue weighted by atomic mass is 35.5. The van der Waals surface area contributed by atoms with E-state index in [1.54, 1.807) is 17.0 Å². The predicted molar refractivity (Wildman–Crippen MR) is 106 cm³/mol. The summed E-state index contributed by atoms with van der Waals surface area (Å²) >= 11 is 5.97. The Morgan fingerprint density at radius 2 is 1.86 bits per heavy atom. The Hall–Kier alpha value is -3.25. The Bertz CT molecular complexity index is 1060. The Morgan fingerprint density at radius 3 is 2.68 bits per heavy atom. The van der Waals surface area contributed by atoms with E-state index in [4.69, 9.17) is 21.1 Å². The van der Waals surface area contributed by atoms with E-state index in [1.165, 1.54) is 6.20 Å². The van der Waals surface area contributed by atoms with Crippen LogP contribution in [0.15, 0.2) is 60.8 Å². The van der Waals surface area contributed by atoms with Crippen LogP contribution in [0.5, 0.6) is 11.5 Å². The van der Waals surface area contributed by atoms with Crippen LogP contribution in [0.2, 0.25) is 5.02 Å². The van der Waals surface area contributed by atoms with Gasteiger partial charge in [-0.2, -0.15) is 0 Å². The molecule has 0 saturated carbocycles. The van der Waals surface area contributed by atoms with E-state index in [0.29, 0.717) is 35.4 Å². The first kappa shape index (κ1) is 16.9. The molecule has 28 heavy (non-hydrogen) atoms. The number of nitrogens with zero attached hydrogens (tertiary/aromatic N) is 2. The molecule has 0 spiro atoms. The number of rotatable bonds is 3. The molecular formula is C21H16ClN3O3. The number of aromatic nitrogens is 1. The van der Waals surface area contributed by atoms with Crippen LogP contribution in [0.4, 0.5) is 11.5 Å². The van der Waals surface area contributed by atoms with E-state index in [1.807, 2.05) is 42.5 Å². The van der Waals surface area contributed by atoms with Crippen LogP contribution in [0.25, 0.3) is 0 Å². The summed E-state index contributed by atoms with van der Waals surface area (Å²) in [6, 6.07) is 16.7. The number of ether oxygens (including phenoxy) is 2. The number of fused-ring (bicyclic) bond motifs is 2. The van der Waals surface area contributed by atoms with E-state index < -0.39 is 6.17 Å². The number of hydrogen-bond donors (Lipinski definition) is 1. The number of pyridine rings is 1. The molecule has 3 heterocycles. The molecule has 0 saturated heterocycles. The maximum Gasteiger partial charge on any atom is 0.261 e. The van der Waals surface area contributed by atoms with Crippen molar-refractivity contribution in [2.45, 2.75) is 6.17 Å². The molecular weight excluding hydrogens is 378 g/mol. The van der Waals surface area contributed by atoms with Crippen molar-refractivity contribution in [1.29, 1.82) is 0 Å². The van der Waals surface area contributed by atoms with Crippen molar-refractivity contribution in [2.75, 3.05) is 23.4 Å². The van der Waals surface area contributed by atoms with Crippen LogP contribution >= 0.6 is 11.6 Å². The maximum absolute atomic E-state index is 13.1. The lowest BCUT2D eigenvalue weighted by Crippen LogP contribution is -2.33. The average molecular weight is 394 g/mol. The van der Waals surface area contributed by atoms with Gasteiger partial charge in [-0.15, -0.1) is 0 Å². The highest BCUT2D eigenvalue weighted by Crippen LogP contribution is 2.39. The monoisotopic (exact) mass is 393 g/mol. The maximum atomic E-state index is 13.1. The van der Waals surface area contributed by atoms with Gasteiger partial charge in [0.15, 0.2) is 11.5 Å². The lowest BCUT2D eigenvalue weighted by molar-refractivity contribution is 0.0992. The third-order valence-corrected chi connectivity index (χ3v) is 4.99. The van der Waals surface area contributed by atoms with Crippen LogP contribution in [0, 0.1) is 0 Å². The Kier molecular flexibility index (Phi) is 4.06. The van der Waals surface area contributed by atoms with Gasteiger partial charge in [0.1, 0.15) is 25.2 Å². The molecule has 1 aromatic heterocycles. The Balaban J connectivity index is 1.54. The van der Waals surface area contributed by atoms with Gasteiger partial charge in [0.25, 0.3) is 5.91 Å². The summed E-state index contributed by atoms with van der Waals surface area (Å²) in [6.07, 6.45) is 1.13. The molecule has 1 N–H and O–H groups in total. The molecule has 3 aromatic rings. The second-order valence-electron chi connectivity index (χ2n) is 6.50. The van der Waals surface area contributed by atoms with Gasteiger partial charge < -0.3 is 14.8 Å². The summed E-state index contributed by atoms with van der Waals surface area (Å²) in [6.45, 7) is 1.06. The van der Waals surface area contributed by atoms with Crippen molar-refractivity contribution in [1.82, 2.24) is 4.98 Å². The summed E-state index contributed by atoms with van der Waals surface area (Å²) in [4.78, 5) is 19.1. The SMILES string of the molecule is O=C1c2ccccc2[C@@H](Nc2ccc3c(c2)OCCO3)N1c1ccc(Cl)cn1. The van der Waals surface area contributed by atoms with E-state index in [9.17, 15) is 4.79 Å². The van der Waals surface area contributed by atoms with E-state index in [0.717, 1.165) is 17.0 Å². The standard InChI is InChI=1S/C21H16ClN3O3/c22-13-5-8-19(23-12-13)25-20(15-3-1-2-4-16(15)21(25)26)24-14-6-7-17-18(11-14)28-10-9-27-17/h1-8,11-12,20,24H,9-10H2/t20-/m0/s1. The Morgan fingerprint density at radius 1 is 1.04 bits per heavy atom. The summed E-state index contributed by atoms with van der Waals surface area (Å²) in [5, 5.41) is 3.96. The minimum Gasteiger partial charge on any atom is -0.486 e. The quantitative estimate of drug-likeness (QED) is 0.719. The molecule has 1 atom stereocenters. The van der Waals surface area contributed by atoms with Crippen LogP contribution in [-0.2, 0) is 0 Å². The van der Waals surface area contributed by atoms with E-state index in [2.05, 4.69) is 10.3 Å². The van der Waals surface area contributed by atoms with Crippen molar-refractivity contribution in [2.24, 2.45) is 0 Å². The highest BCUT2D eigenvalue weighted by Gasteiger charge is 2.38. The van der Waals surface area contributed by atoms with Crippen molar-refractivity contribution in [3.05, 3.63) is 76.9 Å². The molecule has 140 valence electrons. The molecule has 0 aliphatic carbocycles. The fraction of sp³-hybridized carbons (Fsp3) is 0.143. The van der Waals surface area contributed by atoms with Crippen molar-refractivity contribution >= 4 is 29.0 Å². The van der Waals surface area contributed by atoms with Gasteiger partial charge in [0.05, 0.1) is 5.02 Å². The summed E-state index contributed by atoms with van der Waals surface area (Å²) in [5.74, 6) is 1.82. The first-order valence-electron chi connectivity index (χ1n) is 8.91. The molecule has 2 aliphatic heterocycles. The summed E-state index contributed by atoms with van der Waals surface area (Å²) < 4.78 is 11.3. The lowest BCUT2D eigenvalue weighted by Gasteiger charge is -2.27. The van der Waals surface area contributed by atoms with Gasteiger partial charge in [-0.05, 0) is 30.3 Å². The van der Waals surface area contributed by atoms with Crippen LogP contribution in [0.3, 0.4) is 0 Å². The smallest absolute Gasteiger partial charge is 0.261 e. The number of carbonyl (C=O) groups is 1. The normalized spacial score (nSPS) is 17.4. The second-order valence-corrected chi connectivity index (χ2v) is 6.94. The lowest BCUT2D eigenvalue weighted by atomic mass is 10.1. The van der Waals surface area contributed by atoms with E-state index >= 15 is 0 Å². The van der Waals surface area contributed by atoms with Gasteiger partial charge in [0, 0.05) is 29.1 Å². The second kappa shape index (κ2) is 6.73. The topological polar surface area (TPSA) is 63.7 Å². The van der Waals surface area contributed by atoms with Crippen LogP contribution in [0.1, 0.15) is 22.1 Å². The number of halogens is 1. The molecule has 6 nitrogen and oxygen atoms in total. The minimum absolute atomic E-state index is 0.111. The first-order chi connectivity index (χ1) is 13.7. The molecule has 7 heteroatoms. The average Bonchev–Trinajstić information content (AvgIpc) is 3.01. The zero-order valence-electron chi connectivity index (χ0n) is 14.8. The highest BCUT2D eigenvalue weighted by molar-refractivity contribution is 6.30. The fourth-order valence-corrected chi connectivity index (χ4v) is 3.61. The number of benzene rings is 2. The van der Waals surface area contributed by atoms with Crippen molar-refractivity contribution < 1.29 is 14.3 Å². The molecule has 0 radical (unpaired) electrons. The molecule has 0 bridgehead atoms. The number of hydrogen-bond acceptors (Lipinski definition) is 5. The third kappa shape index (κ3) is 2.82. The zero-order valence-corrected chi connectivity index (χ0v) is 15.5. The zero-order chi connectivity index (χ0) is 19.1. The summed E-state index contributed by atoms with van der Waals surface area (Å²) in [5.41, 5.74) is 2.35. The number of nitrogens with one attached hydrogen (secondary N) is 1. The first-order valence-corrected chi connectivity index (χ1v) is 9.29. The van der Waals surface area contributed by atoms with Crippen molar-refractivity contribution in [3.63, 3.8) is 0 Å². The molecule has 0 unspecified atom stereocenters. The van der Waals surface area contributed by atoms with Crippen LogP contribution in [-0.4, -0.2) is 24.1 Å². The number of amides is 1. The molecule has 0 fully saturated rings. The third-order valence-electron chi connectivity index (χ3n) is 4.77.